The summed E-state index contributed by atoms with van der Waals surface area (Å²) >= 11 is 3.30. The lowest BCUT2D eigenvalue weighted by molar-refractivity contribution is -0.143. The SMILES string of the molecule is O=C(NN1C(=O)[C@@H]2C3C=CC(C3)[C@@H]2C1=O)c1ccc(Br)cc1. The van der Waals surface area contributed by atoms with Gasteiger partial charge >= 0.3 is 0 Å². The highest BCUT2D eigenvalue weighted by atomic mass is 79.9. The van der Waals surface area contributed by atoms with E-state index in [1.165, 1.54) is 0 Å². The van der Waals surface area contributed by atoms with Crippen LogP contribution in [0.4, 0.5) is 0 Å². The average Bonchev–Trinajstić information content (AvgIpc) is 3.17. The fraction of sp³-hybridized carbons (Fsp3) is 0.312. The summed E-state index contributed by atoms with van der Waals surface area (Å²) in [5, 5.41) is 0.922. The predicted molar refractivity (Wildman–Crippen MR) is 81.2 cm³/mol. The third kappa shape index (κ3) is 1.86. The maximum Gasteiger partial charge on any atom is 0.270 e. The third-order valence-corrected chi connectivity index (χ3v) is 5.32. The van der Waals surface area contributed by atoms with Gasteiger partial charge in [-0.25, -0.2) is 0 Å². The number of hydrogen-bond donors (Lipinski definition) is 1. The molecule has 112 valence electrons. The summed E-state index contributed by atoms with van der Waals surface area (Å²) in [7, 11) is 0. The average molecular weight is 361 g/mol. The fourth-order valence-electron chi connectivity index (χ4n) is 3.78. The number of amides is 3. The van der Waals surface area contributed by atoms with Gasteiger partial charge in [0, 0.05) is 10.0 Å². The van der Waals surface area contributed by atoms with Gasteiger partial charge < -0.3 is 0 Å². The van der Waals surface area contributed by atoms with Crippen LogP contribution < -0.4 is 5.43 Å². The Balaban J connectivity index is 1.54. The van der Waals surface area contributed by atoms with Crippen LogP contribution in [-0.2, 0) is 9.59 Å². The van der Waals surface area contributed by atoms with E-state index >= 15 is 0 Å². The molecule has 0 spiro atoms. The molecule has 1 aliphatic heterocycles. The number of nitrogens with one attached hydrogen (secondary N) is 1. The minimum Gasteiger partial charge on any atom is -0.272 e. The third-order valence-electron chi connectivity index (χ3n) is 4.79. The Morgan fingerprint density at radius 1 is 1.05 bits per heavy atom. The number of rotatable bonds is 2. The van der Waals surface area contributed by atoms with E-state index in [2.05, 4.69) is 21.4 Å². The molecule has 5 nitrogen and oxygen atoms in total. The van der Waals surface area contributed by atoms with Gasteiger partial charge in [-0.3, -0.25) is 19.8 Å². The summed E-state index contributed by atoms with van der Waals surface area (Å²) in [5.74, 6) is -1.33. The van der Waals surface area contributed by atoms with E-state index in [4.69, 9.17) is 0 Å². The number of hydrogen-bond acceptors (Lipinski definition) is 3. The van der Waals surface area contributed by atoms with Gasteiger partial charge in [-0.05, 0) is 42.5 Å². The second-order valence-electron chi connectivity index (χ2n) is 5.96. The molecule has 1 heterocycles. The summed E-state index contributed by atoms with van der Waals surface area (Å²) in [6.07, 6.45) is 4.93. The lowest BCUT2D eigenvalue weighted by Crippen LogP contribution is -2.47. The smallest absolute Gasteiger partial charge is 0.270 e. The summed E-state index contributed by atoms with van der Waals surface area (Å²) in [4.78, 5) is 37.1. The Morgan fingerprint density at radius 2 is 1.59 bits per heavy atom. The molecule has 3 aliphatic rings. The summed E-state index contributed by atoms with van der Waals surface area (Å²) in [6, 6.07) is 6.75. The molecule has 0 aromatic heterocycles. The first-order chi connectivity index (χ1) is 10.6. The highest BCUT2D eigenvalue weighted by Gasteiger charge is 2.59. The Kier molecular flexibility index (Phi) is 2.97. The van der Waals surface area contributed by atoms with Crippen LogP contribution in [0.2, 0.25) is 0 Å². The molecule has 3 amide bonds. The first-order valence-electron chi connectivity index (χ1n) is 7.19. The molecule has 2 bridgehead atoms. The van der Waals surface area contributed by atoms with Crippen molar-refractivity contribution in [2.75, 3.05) is 0 Å². The number of fused-ring (bicyclic) bond motifs is 5. The first kappa shape index (κ1) is 13.7. The van der Waals surface area contributed by atoms with Crippen molar-refractivity contribution in [1.29, 1.82) is 0 Å². The van der Waals surface area contributed by atoms with Gasteiger partial charge in [-0.15, -0.1) is 0 Å². The zero-order valence-corrected chi connectivity index (χ0v) is 13.1. The van der Waals surface area contributed by atoms with Crippen molar-refractivity contribution < 1.29 is 14.4 Å². The first-order valence-corrected chi connectivity index (χ1v) is 7.98. The monoisotopic (exact) mass is 360 g/mol. The van der Waals surface area contributed by atoms with Gasteiger partial charge in [0.1, 0.15) is 0 Å². The Bertz CT molecular complexity index is 683. The number of imide groups is 1. The van der Waals surface area contributed by atoms with Crippen molar-refractivity contribution in [2.24, 2.45) is 23.7 Å². The fourth-order valence-corrected chi connectivity index (χ4v) is 4.04. The molecule has 6 heteroatoms. The van der Waals surface area contributed by atoms with Gasteiger partial charge in [-0.2, -0.15) is 5.01 Å². The molecule has 0 radical (unpaired) electrons. The quantitative estimate of drug-likeness (QED) is 0.646. The number of hydrazine groups is 1. The van der Waals surface area contributed by atoms with Gasteiger partial charge in [0.2, 0.25) is 0 Å². The van der Waals surface area contributed by atoms with Crippen molar-refractivity contribution in [2.45, 2.75) is 6.42 Å². The van der Waals surface area contributed by atoms with E-state index in [-0.39, 0.29) is 35.5 Å². The summed E-state index contributed by atoms with van der Waals surface area (Å²) in [5.41, 5.74) is 2.87. The second kappa shape index (κ2) is 4.78. The molecule has 4 rings (SSSR count). The van der Waals surface area contributed by atoms with E-state index in [9.17, 15) is 14.4 Å². The van der Waals surface area contributed by atoms with E-state index < -0.39 is 5.91 Å². The Labute approximate surface area is 135 Å². The Hall–Kier alpha value is -1.95. The zero-order chi connectivity index (χ0) is 15.4. The van der Waals surface area contributed by atoms with Crippen LogP contribution in [0.15, 0.2) is 40.9 Å². The van der Waals surface area contributed by atoms with E-state index in [1.807, 2.05) is 12.2 Å². The number of halogens is 1. The molecule has 2 aliphatic carbocycles. The lowest BCUT2D eigenvalue weighted by Gasteiger charge is -2.18. The van der Waals surface area contributed by atoms with Crippen molar-refractivity contribution in [1.82, 2.24) is 10.4 Å². The molecule has 2 fully saturated rings. The molecule has 1 aromatic carbocycles. The van der Waals surface area contributed by atoms with Crippen LogP contribution in [0.5, 0.6) is 0 Å². The number of benzene rings is 1. The highest BCUT2D eigenvalue weighted by molar-refractivity contribution is 9.10. The number of carbonyl (C=O) groups excluding carboxylic acids is 3. The minimum absolute atomic E-state index is 0.140. The van der Waals surface area contributed by atoms with Crippen molar-refractivity contribution in [3.8, 4) is 0 Å². The maximum absolute atomic E-state index is 12.5. The molecule has 2 unspecified atom stereocenters. The molecule has 1 N–H and O–H groups in total. The zero-order valence-electron chi connectivity index (χ0n) is 11.5. The lowest BCUT2D eigenvalue weighted by atomic mass is 9.85. The van der Waals surface area contributed by atoms with Crippen LogP contribution in [0.3, 0.4) is 0 Å². The van der Waals surface area contributed by atoms with Crippen LogP contribution in [0, 0.1) is 23.7 Å². The van der Waals surface area contributed by atoms with Crippen LogP contribution in [0.25, 0.3) is 0 Å². The number of nitrogens with zero attached hydrogens (tertiary/aromatic N) is 1. The topological polar surface area (TPSA) is 66.5 Å². The minimum atomic E-state index is -0.450. The van der Waals surface area contributed by atoms with Gasteiger partial charge in [-0.1, -0.05) is 28.1 Å². The number of allylic oxidation sites excluding steroid dienone is 2. The molecular weight excluding hydrogens is 348 g/mol. The van der Waals surface area contributed by atoms with Crippen molar-refractivity contribution in [3.05, 3.63) is 46.5 Å². The molecular formula is C16H13BrN2O3. The highest BCUT2D eigenvalue weighted by Crippen LogP contribution is 2.52. The van der Waals surface area contributed by atoms with Crippen molar-refractivity contribution in [3.63, 3.8) is 0 Å². The molecule has 1 aromatic rings. The van der Waals surface area contributed by atoms with Crippen molar-refractivity contribution >= 4 is 33.7 Å². The standard InChI is InChI=1S/C16H13BrN2O3/c17-11-5-3-8(4-6-11)14(20)18-19-15(21)12-9-1-2-10(7-9)13(12)16(19)22/h1-6,9-10,12-13H,7H2,(H,18,20)/t9?,10?,12-,13+. The van der Waals surface area contributed by atoms with Gasteiger partial charge in [0.15, 0.2) is 0 Å². The second-order valence-corrected chi connectivity index (χ2v) is 6.88. The molecule has 1 saturated heterocycles. The van der Waals surface area contributed by atoms with E-state index in [0.29, 0.717) is 5.56 Å². The molecule has 1 saturated carbocycles. The van der Waals surface area contributed by atoms with E-state index in [1.54, 1.807) is 24.3 Å². The summed E-state index contributed by atoms with van der Waals surface area (Å²) in [6.45, 7) is 0. The van der Waals surface area contributed by atoms with Crippen LogP contribution >= 0.6 is 15.9 Å². The largest absolute Gasteiger partial charge is 0.272 e. The maximum atomic E-state index is 12.5. The predicted octanol–water partition coefficient (Wildman–Crippen LogP) is 1.90. The Morgan fingerprint density at radius 3 is 2.14 bits per heavy atom. The van der Waals surface area contributed by atoms with Crippen LogP contribution in [-0.4, -0.2) is 22.7 Å². The van der Waals surface area contributed by atoms with Crippen LogP contribution in [0.1, 0.15) is 16.8 Å². The van der Waals surface area contributed by atoms with Gasteiger partial charge in [0.05, 0.1) is 11.8 Å². The van der Waals surface area contributed by atoms with E-state index in [0.717, 1.165) is 15.9 Å². The summed E-state index contributed by atoms with van der Waals surface area (Å²) < 4.78 is 0.856. The molecule has 22 heavy (non-hydrogen) atoms. The molecule has 4 atom stereocenters. The number of carbonyl (C=O) groups is 3. The van der Waals surface area contributed by atoms with Gasteiger partial charge in [0.25, 0.3) is 17.7 Å². The normalized spacial score (nSPS) is 31.8.